The number of hydrogen-bond donors (Lipinski definition) is 2. The minimum absolute atomic E-state index is 0.407. The molecular formula is C5H8N2. The van der Waals surface area contributed by atoms with Crippen LogP contribution in [0.2, 0.25) is 0 Å². The summed E-state index contributed by atoms with van der Waals surface area (Å²) in [6.45, 7) is 0. The van der Waals surface area contributed by atoms with Gasteiger partial charge < -0.3 is 0 Å². The van der Waals surface area contributed by atoms with Crippen LogP contribution in [0.4, 0.5) is 0 Å². The molecule has 0 bridgehead atoms. The average molecular weight is 96.1 g/mol. The largest absolute Gasteiger partial charge is 0.271 e. The predicted molar refractivity (Wildman–Crippen MR) is 28.1 cm³/mol. The molecule has 3 N–H and O–H groups in total. The first-order valence-corrected chi connectivity index (χ1v) is 2.30. The molecule has 0 aromatic carbocycles. The van der Waals surface area contributed by atoms with Gasteiger partial charge in [0, 0.05) is 12.0 Å². The molecule has 0 aromatic rings. The second-order valence-electron chi connectivity index (χ2n) is 1.78. The summed E-state index contributed by atoms with van der Waals surface area (Å²) in [7, 11) is 0. The molecule has 0 amide bonds. The molecule has 1 fully saturated rings. The van der Waals surface area contributed by atoms with E-state index in [2.05, 4.69) is 11.3 Å². The Morgan fingerprint density at radius 3 is 2.71 bits per heavy atom. The van der Waals surface area contributed by atoms with Crippen molar-refractivity contribution in [2.24, 2.45) is 11.8 Å². The third kappa shape index (κ3) is 0.738. The van der Waals surface area contributed by atoms with Crippen molar-refractivity contribution >= 4 is 0 Å². The van der Waals surface area contributed by atoms with Gasteiger partial charge in [-0.1, -0.05) is 0 Å². The number of hydrazine groups is 1. The van der Waals surface area contributed by atoms with Gasteiger partial charge in [-0.25, -0.2) is 0 Å². The summed E-state index contributed by atoms with van der Waals surface area (Å²) in [6, 6.07) is 0.407. The van der Waals surface area contributed by atoms with E-state index in [1.54, 1.807) is 0 Å². The summed E-state index contributed by atoms with van der Waals surface area (Å²) in [5.41, 5.74) is 2.60. The standard InChI is InChI=1S/C5H8N2/c1-2-4-3-5(4)7-6/h1,4-5,7H,3,6H2/t4?,5-/m0/s1. The van der Waals surface area contributed by atoms with E-state index in [0.29, 0.717) is 12.0 Å². The van der Waals surface area contributed by atoms with E-state index >= 15 is 0 Å². The summed E-state index contributed by atoms with van der Waals surface area (Å²) < 4.78 is 0. The Bertz CT molecular complexity index is 103. The van der Waals surface area contributed by atoms with Crippen LogP contribution in [-0.4, -0.2) is 6.04 Å². The maximum Gasteiger partial charge on any atom is 0.0383 e. The molecule has 0 saturated heterocycles. The molecule has 1 aliphatic rings. The highest BCUT2D eigenvalue weighted by atomic mass is 15.3. The van der Waals surface area contributed by atoms with Gasteiger partial charge >= 0.3 is 0 Å². The van der Waals surface area contributed by atoms with Crippen LogP contribution in [-0.2, 0) is 0 Å². The zero-order valence-corrected chi connectivity index (χ0v) is 4.02. The van der Waals surface area contributed by atoms with E-state index in [1.165, 1.54) is 0 Å². The number of rotatable bonds is 1. The van der Waals surface area contributed by atoms with Crippen molar-refractivity contribution in [1.29, 1.82) is 0 Å². The minimum atomic E-state index is 0.407. The van der Waals surface area contributed by atoms with Gasteiger partial charge in [-0.2, -0.15) is 0 Å². The Morgan fingerprint density at radius 2 is 2.57 bits per heavy atom. The molecule has 0 aliphatic heterocycles. The first-order valence-electron chi connectivity index (χ1n) is 2.30. The van der Waals surface area contributed by atoms with E-state index in [9.17, 15) is 0 Å². The topological polar surface area (TPSA) is 38.0 Å². The molecule has 0 aromatic heterocycles. The molecule has 1 rings (SSSR count). The van der Waals surface area contributed by atoms with Gasteiger partial charge in [0.25, 0.3) is 0 Å². The Balaban J connectivity index is 2.21. The van der Waals surface area contributed by atoms with E-state index in [1.807, 2.05) is 0 Å². The Hall–Kier alpha value is -0.520. The fourth-order valence-electron chi connectivity index (χ4n) is 0.563. The van der Waals surface area contributed by atoms with Crippen molar-refractivity contribution in [3.8, 4) is 12.3 Å². The molecule has 0 spiro atoms. The normalized spacial score (nSPS) is 37.1. The smallest absolute Gasteiger partial charge is 0.0383 e. The first kappa shape index (κ1) is 4.63. The molecular weight excluding hydrogens is 88.1 g/mol. The summed E-state index contributed by atoms with van der Waals surface area (Å²) >= 11 is 0. The van der Waals surface area contributed by atoms with Crippen molar-refractivity contribution in [2.75, 3.05) is 0 Å². The SMILES string of the molecule is C#CC1C[C@@H]1NN. The van der Waals surface area contributed by atoms with Gasteiger partial charge in [0.15, 0.2) is 0 Å². The minimum Gasteiger partial charge on any atom is -0.271 e. The average Bonchev–Trinajstić information content (AvgIpc) is 2.43. The van der Waals surface area contributed by atoms with E-state index in [4.69, 9.17) is 12.3 Å². The van der Waals surface area contributed by atoms with Crippen molar-refractivity contribution in [1.82, 2.24) is 5.43 Å². The van der Waals surface area contributed by atoms with Gasteiger partial charge in [0.2, 0.25) is 0 Å². The molecule has 38 valence electrons. The van der Waals surface area contributed by atoms with Crippen molar-refractivity contribution in [3.63, 3.8) is 0 Å². The van der Waals surface area contributed by atoms with E-state index < -0.39 is 0 Å². The number of terminal acetylenes is 1. The zero-order chi connectivity index (χ0) is 5.28. The zero-order valence-electron chi connectivity index (χ0n) is 4.02. The third-order valence-corrected chi connectivity index (χ3v) is 1.22. The van der Waals surface area contributed by atoms with Crippen molar-refractivity contribution in [3.05, 3.63) is 0 Å². The molecule has 0 heterocycles. The fourth-order valence-corrected chi connectivity index (χ4v) is 0.563. The number of hydrogen-bond acceptors (Lipinski definition) is 2. The lowest BCUT2D eigenvalue weighted by molar-refractivity contribution is 0.713. The van der Waals surface area contributed by atoms with Crippen molar-refractivity contribution < 1.29 is 0 Å². The van der Waals surface area contributed by atoms with Crippen LogP contribution >= 0.6 is 0 Å². The summed E-state index contributed by atoms with van der Waals surface area (Å²) in [5.74, 6) is 8.06. The highest BCUT2D eigenvalue weighted by Crippen LogP contribution is 2.27. The van der Waals surface area contributed by atoms with Gasteiger partial charge in [0.05, 0.1) is 0 Å². The van der Waals surface area contributed by atoms with Crippen LogP contribution in [0.3, 0.4) is 0 Å². The second-order valence-corrected chi connectivity index (χ2v) is 1.78. The predicted octanol–water partition coefficient (Wildman–Crippen LogP) is -0.529. The summed E-state index contributed by atoms with van der Waals surface area (Å²) in [4.78, 5) is 0. The lowest BCUT2D eigenvalue weighted by atomic mass is 10.4. The van der Waals surface area contributed by atoms with Crippen LogP contribution < -0.4 is 11.3 Å². The van der Waals surface area contributed by atoms with Crippen LogP contribution in [0, 0.1) is 18.3 Å². The number of nitrogens with two attached hydrogens (primary N) is 1. The van der Waals surface area contributed by atoms with Crippen LogP contribution in [0.15, 0.2) is 0 Å². The first-order chi connectivity index (χ1) is 3.38. The second kappa shape index (κ2) is 1.53. The highest BCUT2D eigenvalue weighted by Gasteiger charge is 2.33. The third-order valence-electron chi connectivity index (χ3n) is 1.22. The quantitative estimate of drug-likeness (QED) is 0.262. The number of nitrogens with one attached hydrogen (secondary N) is 1. The van der Waals surface area contributed by atoms with Crippen molar-refractivity contribution in [2.45, 2.75) is 12.5 Å². The Morgan fingerprint density at radius 1 is 1.86 bits per heavy atom. The van der Waals surface area contributed by atoms with Gasteiger partial charge in [-0.15, -0.1) is 12.3 Å². The molecule has 0 radical (unpaired) electrons. The van der Waals surface area contributed by atoms with E-state index in [-0.39, 0.29) is 0 Å². The van der Waals surface area contributed by atoms with Gasteiger partial charge in [-0.3, -0.25) is 11.3 Å². The van der Waals surface area contributed by atoms with E-state index in [0.717, 1.165) is 6.42 Å². The summed E-state index contributed by atoms with van der Waals surface area (Å²) in [5, 5.41) is 0. The van der Waals surface area contributed by atoms with Crippen LogP contribution in [0.25, 0.3) is 0 Å². The molecule has 2 heteroatoms. The van der Waals surface area contributed by atoms with Crippen LogP contribution in [0.5, 0.6) is 0 Å². The lowest BCUT2D eigenvalue weighted by Gasteiger charge is -1.85. The Labute approximate surface area is 43.1 Å². The van der Waals surface area contributed by atoms with Gasteiger partial charge in [0.1, 0.15) is 0 Å². The maximum absolute atomic E-state index is 5.05. The maximum atomic E-state index is 5.05. The van der Waals surface area contributed by atoms with Gasteiger partial charge in [-0.05, 0) is 6.42 Å². The lowest BCUT2D eigenvalue weighted by Crippen LogP contribution is -2.25. The molecule has 7 heavy (non-hydrogen) atoms. The molecule has 2 atom stereocenters. The monoisotopic (exact) mass is 96.1 g/mol. The molecule has 1 unspecified atom stereocenters. The molecule has 2 nitrogen and oxygen atoms in total. The fraction of sp³-hybridized carbons (Fsp3) is 0.600. The molecule has 1 saturated carbocycles. The Kier molecular flexibility index (Phi) is 1.01. The highest BCUT2D eigenvalue weighted by molar-refractivity contribution is 5.10. The van der Waals surface area contributed by atoms with Crippen LogP contribution in [0.1, 0.15) is 6.42 Å². The summed E-state index contributed by atoms with van der Waals surface area (Å²) in [6.07, 6.45) is 6.10. The molecule has 1 aliphatic carbocycles.